The highest BCUT2D eigenvalue weighted by Gasteiger charge is 2.70. The number of carbonyl (C=O) groups excluding carboxylic acids is 1. The van der Waals surface area contributed by atoms with Gasteiger partial charge in [-0.25, -0.2) is 8.42 Å². The van der Waals surface area contributed by atoms with Crippen LogP contribution in [0.1, 0.15) is 63.4 Å². The van der Waals surface area contributed by atoms with Gasteiger partial charge in [0, 0.05) is 12.2 Å². The minimum absolute atomic E-state index is 0.0180. The van der Waals surface area contributed by atoms with Gasteiger partial charge in [-0.2, -0.15) is 22.0 Å². The van der Waals surface area contributed by atoms with Gasteiger partial charge in [-0.1, -0.05) is 48.9 Å². The molecule has 0 N–H and O–H groups in total. The summed E-state index contributed by atoms with van der Waals surface area (Å²) in [5, 5.41) is 0. The number of halogens is 5. The smallest absolute Gasteiger partial charge is 0.294 e. The average molecular weight is 605 g/mol. The summed E-state index contributed by atoms with van der Waals surface area (Å²) in [6, 6.07) is 14.3. The molecule has 0 spiro atoms. The number of carbonyl (C=O) groups is 1. The first-order valence-corrected chi connectivity index (χ1v) is 16.3. The maximum Gasteiger partial charge on any atom is 0.453 e. The summed E-state index contributed by atoms with van der Waals surface area (Å²) in [5.74, 6) is -7.04. The summed E-state index contributed by atoms with van der Waals surface area (Å²) in [6.45, 7) is 1.64. The Morgan fingerprint density at radius 3 is 2.07 bits per heavy atom. The Morgan fingerprint density at radius 1 is 0.857 bits per heavy atom. The first-order chi connectivity index (χ1) is 19.6. The molecule has 42 heavy (non-hydrogen) atoms. The molecule has 2 unspecified atom stereocenters. The van der Waals surface area contributed by atoms with Gasteiger partial charge < -0.3 is 0 Å². The topological polar surface area (TPSA) is 51.2 Å². The molecule has 6 rings (SSSR count). The molecule has 0 saturated heterocycles. The van der Waals surface area contributed by atoms with E-state index in [-0.39, 0.29) is 28.9 Å². The number of fused-ring (bicyclic) bond motifs is 4. The lowest BCUT2D eigenvalue weighted by atomic mass is 9.55. The van der Waals surface area contributed by atoms with Crippen LogP contribution in [0.15, 0.2) is 76.2 Å². The van der Waals surface area contributed by atoms with Crippen molar-refractivity contribution >= 4 is 15.6 Å². The monoisotopic (exact) mass is 604 g/mol. The number of benzene rings is 2. The molecule has 224 valence electrons. The van der Waals surface area contributed by atoms with Crippen molar-refractivity contribution in [2.24, 2.45) is 23.2 Å². The number of hydrogen-bond acceptors (Lipinski definition) is 3. The molecule has 2 saturated carbocycles. The van der Waals surface area contributed by atoms with E-state index in [2.05, 4.69) is 0 Å². The lowest BCUT2D eigenvalue weighted by Crippen LogP contribution is -2.51. The van der Waals surface area contributed by atoms with E-state index in [1.54, 1.807) is 37.3 Å². The normalized spacial score (nSPS) is 30.0. The first-order valence-electron chi connectivity index (χ1n) is 14.4. The van der Waals surface area contributed by atoms with Gasteiger partial charge in [0.15, 0.2) is 15.6 Å². The summed E-state index contributed by atoms with van der Waals surface area (Å²) < 4.78 is 92.9. The minimum atomic E-state index is -5.55. The second-order valence-corrected chi connectivity index (χ2v) is 14.8. The SMILES string of the molecule is C[C@]12CCC3=C4CC(c5ccc(-c6ccc(S(C)(=O)=O)cc6)cc5)C(=O)C=C4CC[C@H]3[C@@H]1CCC2C(F)(F)C(F)(F)F. The van der Waals surface area contributed by atoms with Crippen LogP contribution in [0, 0.1) is 23.2 Å². The quantitative estimate of drug-likeness (QED) is 0.329. The first kappa shape index (κ1) is 29.3. The van der Waals surface area contributed by atoms with E-state index in [9.17, 15) is 35.2 Å². The summed E-state index contributed by atoms with van der Waals surface area (Å²) in [6.07, 6.45) is 0.159. The fourth-order valence-electron chi connectivity index (χ4n) is 8.41. The van der Waals surface area contributed by atoms with Gasteiger partial charge in [-0.05, 0) is 108 Å². The van der Waals surface area contributed by atoms with Gasteiger partial charge in [0.05, 0.1) is 10.8 Å². The summed E-state index contributed by atoms with van der Waals surface area (Å²) in [4.78, 5) is 13.5. The van der Waals surface area contributed by atoms with Crippen LogP contribution in [0.5, 0.6) is 0 Å². The van der Waals surface area contributed by atoms with E-state index in [1.165, 1.54) is 0 Å². The lowest BCUT2D eigenvalue weighted by Gasteiger charge is -2.50. The van der Waals surface area contributed by atoms with Crippen molar-refractivity contribution in [2.45, 2.75) is 74.8 Å². The molecule has 0 amide bonds. The Labute approximate surface area is 242 Å². The number of rotatable bonds is 4. The molecule has 3 nitrogen and oxygen atoms in total. The standard InChI is InChI=1S/C33H33F5O3S/c1-31-16-15-24-25(28(31)13-14-30(31)32(34,35)33(36,37)38)12-9-22-17-29(39)27(18-26(22)24)21-5-3-19(4-6-21)20-7-10-23(11-8-20)42(2,40)41/h3-8,10-11,17,25,27-28,30H,9,12-16,18H2,1-2H3/t25-,27?,28+,30?,31+/m1/s1. The predicted molar refractivity (Wildman–Crippen MR) is 150 cm³/mol. The third kappa shape index (κ3) is 4.66. The second-order valence-electron chi connectivity index (χ2n) is 12.8. The maximum absolute atomic E-state index is 14.6. The molecule has 0 aromatic heterocycles. The molecular formula is C33H33F5O3S. The minimum Gasteiger partial charge on any atom is -0.294 e. The third-order valence-corrected chi connectivity index (χ3v) is 11.7. The highest BCUT2D eigenvalue weighted by atomic mass is 32.2. The molecule has 2 fully saturated rings. The van der Waals surface area contributed by atoms with Crippen LogP contribution in [0.3, 0.4) is 0 Å². The van der Waals surface area contributed by atoms with Gasteiger partial charge >= 0.3 is 12.1 Å². The Kier molecular flexibility index (Phi) is 6.87. The van der Waals surface area contributed by atoms with Crippen molar-refractivity contribution in [3.8, 4) is 11.1 Å². The number of allylic oxidation sites excluding steroid dienone is 4. The Hall–Kier alpha value is -2.81. The van der Waals surface area contributed by atoms with Crippen molar-refractivity contribution in [1.29, 1.82) is 0 Å². The van der Waals surface area contributed by atoms with E-state index in [4.69, 9.17) is 0 Å². The maximum atomic E-state index is 14.6. The van der Waals surface area contributed by atoms with E-state index in [1.807, 2.05) is 24.3 Å². The average Bonchev–Trinajstić information content (AvgIpc) is 3.29. The van der Waals surface area contributed by atoms with Crippen LogP contribution in [0.2, 0.25) is 0 Å². The Bertz CT molecular complexity index is 1590. The van der Waals surface area contributed by atoms with Crippen LogP contribution < -0.4 is 0 Å². The van der Waals surface area contributed by atoms with E-state index < -0.39 is 39.2 Å². The predicted octanol–water partition coefficient (Wildman–Crippen LogP) is 8.47. The second kappa shape index (κ2) is 9.86. The number of hydrogen-bond donors (Lipinski definition) is 0. The molecule has 4 aliphatic rings. The third-order valence-electron chi connectivity index (χ3n) is 10.6. The highest BCUT2D eigenvalue weighted by molar-refractivity contribution is 7.90. The summed E-state index contributed by atoms with van der Waals surface area (Å²) >= 11 is 0. The zero-order valence-electron chi connectivity index (χ0n) is 23.5. The highest BCUT2D eigenvalue weighted by Crippen LogP contribution is 2.66. The fourth-order valence-corrected chi connectivity index (χ4v) is 9.04. The van der Waals surface area contributed by atoms with Crippen molar-refractivity contribution in [1.82, 2.24) is 0 Å². The molecule has 0 bridgehead atoms. The molecule has 5 atom stereocenters. The molecule has 0 heterocycles. The summed E-state index contributed by atoms with van der Waals surface area (Å²) in [7, 11) is -3.30. The van der Waals surface area contributed by atoms with Crippen LogP contribution in [0.25, 0.3) is 11.1 Å². The largest absolute Gasteiger partial charge is 0.453 e. The fraction of sp³-hybridized carbons (Fsp3) is 0.485. The molecule has 0 radical (unpaired) electrons. The van der Waals surface area contributed by atoms with E-state index >= 15 is 0 Å². The van der Waals surface area contributed by atoms with Crippen molar-refractivity contribution in [3.63, 3.8) is 0 Å². The van der Waals surface area contributed by atoms with Gasteiger partial charge in [0.2, 0.25) is 0 Å². The molecule has 9 heteroatoms. The molecule has 2 aromatic rings. The van der Waals surface area contributed by atoms with Crippen molar-refractivity contribution in [2.75, 3.05) is 6.26 Å². The van der Waals surface area contributed by atoms with Crippen molar-refractivity contribution < 1.29 is 35.2 Å². The van der Waals surface area contributed by atoms with Gasteiger partial charge in [-0.15, -0.1) is 0 Å². The van der Waals surface area contributed by atoms with E-state index in [0.717, 1.165) is 39.7 Å². The molecule has 4 aliphatic carbocycles. The van der Waals surface area contributed by atoms with Crippen LogP contribution in [-0.4, -0.2) is 32.6 Å². The zero-order valence-corrected chi connectivity index (χ0v) is 24.3. The number of alkyl halides is 5. The molecule has 2 aromatic carbocycles. The van der Waals surface area contributed by atoms with Gasteiger partial charge in [0.25, 0.3) is 0 Å². The van der Waals surface area contributed by atoms with E-state index in [0.29, 0.717) is 38.5 Å². The lowest BCUT2D eigenvalue weighted by molar-refractivity contribution is -0.314. The number of ketones is 1. The van der Waals surface area contributed by atoms with Crippen LogP contribution in [-0.2, 0) is 14.6 Å². The number of sulfone groups is 1. The molecular weight excluding hydrogens is 571 g/mol. The van der Waals surface area contributed by atoms with Gasteiger partial charge in [-0.3, -0.25) is 4.79 Å². The zero-order chi connectivity index (χ0) is 30.2. The van der Waals surface area contributed by atoms with Gasteiger partial charge in [0.1, 0.15) is 0 Å². The van der Waals surface area contributed by atoms with Crippen molar-refractivity contribution in [3.05, 3.63) is 76.9 Å². The summed E-state index contributed by atoms with van der Waals surface area (Å²) in [5.41, 5.74) is 4.76. The van der Waals surface area contributed by atoms with Crippen LogP contribution >= 0.6 is 0 Å². The Morgan fingerprint density at radius 2 is 1.48 bits per heavy atom. The Balaban J connectivity index is 1.26. The molecule has 0 aliphatic heterocycles. The van der Waals surface area contributed by atoms with Crippen LogP contribution in [0.4, 0.5) is 22.0 Å².